The summed E-state index contributed by atoms with van der Waals surface area (Å²) in [7, 11) is 0. The fourth-order valence-electron chi connectivity index (χ4n) is 4.16. The van der Waals surface area contributed by atoms with Crippen LogP contribution in [0.2, 0.25) is 0 Å². The van der Waals surface area contributed by atoms with E-state index in [1.807, 2.05) is 50.2 Å². The molecule has 0 aromatic heterocycles. The Morgan fingerprint density at radius 3 is 1.94 bits per heavy atom. The summed E-state index contributed by atoms with van der Waals surface area (Å²) in [6, 6.07) is 14.3. The zero-order chi connectivity index (χ0) is 23.1. The molecule has 0 radical (unpaired) electrons. The van der Waals surface area contributed by atoms with Gasteiger partial charge in [0.2, 0.25) is 5.91 Å². The summed E-state index contributed by atoms with van der Waals surface area (Å²) in [6.45, 7) is 3.88. The number of aliphatic carboxylic acids is 1. The largest absolute Gasteiger partial charge is 0.480 e. The minimum absolute atomic E-state index is 0.0763. The summed E-state index contributed by atoms with van der Waals surface area (Å²) in [5, 5.41) is 14.4. The van der Waals surface area contributed by atoms with E-state index in [4.69, 9.17) is 4.74 Å². The second-order valence-electron chi connectivity index (χ2n) is 8.00. The van der Waals surface area contributed by atoms with Crippen molar-refractivity contribution in [3.8, 4) is 11.1 Å². The lowest BCUT2D eigenvalue weighted by Gasteiger charge is -2.21. The molecule has 0 spiro atoms. The molecular weight excluding hydrogens is 408 g/mol. The van der Waals surface area contributed by atoms with Gasteiger partial charge in [-0.25, -0.2) is 9.59 Å². The van der Waals surface area contributed by atoms with Crippen LogP contribution in [0.1, 0.15) is 56.6 Å². The van der Waals surface area contributed by atoms with Crippen molar-refractivity contribution < 1.29 is 24.2 Å². The zero-order valence-corrected chi connectivity index (χ0v) is 18.5. The first-order valence-corrected chi connectivity index (χ1v) is 11.1. The normalized spacial score (nSPS) is 14.1. The molecule has 7 heteroatoms. The number of carbonyl (C=O) groups excluding carboxylic acids is 2. The van der Waals surface area contributed by atoms with E-state index in [0.29, 0.717) is 25.7 Å². The van der Waals surface area contributed by atoms with Gasteiger partial charge in [0.15, 0.2) is 0 Å². The highest BCUT2D eigenvalue weighted by Crippen LogP contribution is 2.44. The number of ether oxygens (including phenoxy) is 1. The van der Waals surface area contributed by atoms with Crippen molar-refractivity contribution in [2.24, 2.45) is 0 Å². The molecule has 0 fully saturated rings. The van der Waals surface area contributed by atoms with Gasteiger partial charge in [-0.2, -0.15) is 0 Å². The number of hydrogen-bond donors (Lipinski definition) is 3. The molecule has 0 saturated carbocycles. The highest BCUT2D eigenvalue weighted by molar-refractivity contribution is 5.89. The van der Waals surface area contributed by atoms with Crippen LogP contribution in [0, 0.1) is 0 Å². The molecule has 2 atom stereocenters. The Bertz CT molecular complexity index is 929. The van der Waals surface area contributed by atoms with E-state index in [-0.39, 0.29) is 12.5 Å². The van der Waals surface area contributed by atoms with E-state index >= 15 is 0 Å². The van der Waals surface area contributed by atoms with E-state index in [1.54, 1.807) is 0 Å². The Hall–Kier alpha value is -3.35. The van der Waals surface area contributed by atoms with Crippen molar-refractivity contribution in [1.82, 2.24) is 10.6 Å². The van der Waals surface area contributed by atoms with Gasteiger partial charge in [-0.15, -0.1) is 0 Å². The predicted octanol–water partition coefficient (Wildman–Crippen LogP) is 4.06. The Kier molecular flexibility index (Phi) is 7.87. The van der Waals surface area contributed by atoms with Crippen LogP contribution in [0.3, 0.4) is 0 Å². The molecule has 2 aromatic carbocycles. The molecule has 1 aliphatic carbocycles. The highest BCUT2D eigenvalue weighted by atomic mass is 16.5. The number of benzene rings is 2. The van der Waals surface area contributed by atoms with Crippen molar-refractivity contribution in [3.63, 3.8) is 0 Å². The van der Waals surface area contributed by atoms with Crippen molar-refractivity contribution in [2.75, 3.05) is 6.61 Å². The number of carbonyl (C=O) groups is 3. The van der Waals surface area contributed by atoms with E-state index in [2.05, 4.69) is 22.8 Å². The third kappa shape index (κ3) is 5.28. The maximum Gasteiger partial charge on any atom is 0.407 e. The number of carboxylic acids is 1. The smallest absolute Gasteiger partial charge is 0.407 e. The molecule has 3 rings (SSSR count). The molecule has 0 aliphatic heterocycles. The third-order valence-electron chi connectivity index (χ3n) is 5.72. The standard InChI is InChI=1S/C25H30N2O5/c1-3-9-21(23(28)26-22(10-4-2)24(29)30)27-25(31)32-15-20-18-13-7-5-11-16(18)17-12-6-8-14-19(17)20/h5-8,11-14,20-22H,3-4,9-10,15H2,1-2H3,(H,26,28)(H,27,31)(H,29,30)/t21-,22?/m0/s1. The maximum atomic E-state index is 12.6. The van der Waals surface area contributed by atoms with Crippen LogP contribution in [-0.2, 0) is 14.3 Å². The Labute approximate surface area is 188 Å². The van der Waals surface area contributed by atoms with Gasteiger partial charge in [0.1, 0.15) is 18.7 Å². The first kappa shape index (κ1) is 23.3. The fraction of sp³-hybridized carbons (Fsp3) is 0.400. The van der Waals surface area contributed by atoms with Crippen molar-refractivity contribution in [3.05, 3.63) is 59.7 Å². The van der Waals surface area contributed by atoms with Crippen LogP contribution in [-0.4, -0.2) is 41.8 Å². The van der Waals surface area contributed by atoms with E-state index in [9.17, 15) is 19.5 Å². The molecule has 2 aromatic rings. The zero-order valence-electron chi connectivity index (χ0n) is 18.5. The number of hydrogen-bond acceptors (Lipinski definition) is 4. The van der Waals surface area contributed by atoms with Crippen LogP contribution in [0.15, 0.2) is 48.5 Å². The van der Waals surface area contributed by atoms with Crippen LogP contribution >= 0.6 is 0 Å². The number of carboxylic acid groups (broad SMARTS) is 1. The van der Waals surface area contributed by atoms with Crippen LogP contribution < -0.4 is 10.6 Å². The molecule has 0 bridgehead atoms. The molecule has 7 nitrogen and oxygen atoms in total. The second-order valence-corrected chi connectivity index (χ2v) is 8.00. The van der Waals surface area contributed by atoms with E-state index in [0.717, 1.165) is 22.3 Å². The van der Waals surface area contributed by atoms with Gasteiger partial charge in [-0.05, 0) is 35.1 Å². The Morgan fingerprint density at radius 2 is 1.41 bits per heavy atom. The van der Waals surface area contributed by atoms with Crippen molar-refractivity contribution in [1.29, 1.82) is 0 Å². The number of amides is 2. The molecule has 2 amide bonds. The topological polar surface area (TPSA) is 105 Å². The lowest BCUT2D eigenvalue weighted by Crippen LogP contribution is -2.51. The summed E-state index contributed by atoms with van der Waals surface area (Å²) < 4.78 is 5.52. The van der Waals surface area contributed by atoms with Gasteiger partial charge >= 0.3 is 12.1 Å². The second kappa shape index (κ2) is 10.8. The average molecular weight is 439 g/mol. The predicted molar refractivity (Wildman–Crippen MR) is 121 cm³/mol. The molecule has 0 saturated heterocycles. The molecule has 1 unspecified atom stereocenters. The first-order chi connectivity index (χ1) is 15.5. The van der Waals surface area contributed by atoms with E-state index < -0.39 is 30.1 Å². The number of fused-ring (bicyclic) bond motifs is 3. The molecule has 170 valence electrons. The van der Waals surface area contributed by atoms with Gasteiger partial charge in [-0.3, -0.25) is 4.79 Å². The van der Waals surface area contributed by atoms with E-state index in [1.165, 1.54) is 0 Å². The molecule has 1 aliphatic rings. The summed E-state index contributed by atoms with van der Waals surface area (Å²) >= 11 is 0. The monoisotopic (exact) mass is 438 g/mol. The maximum absolute atomic E-state index is 12.6. The quantitative estimate of drug-likeness (QED) is 0.519. The van der Waals surface area contributed by atoms with Gasteiger partial charge in [0, 0.05) is 5.92 Å². The third-order valence-corrected chi connectivity index (χ3v) is 5.72. The molecule has 0 heterocycles. The number of rotatable bonds is 10. The lowest BCUT2D eigenvalue weighted by atomic mass is 9.98. The Morgan fingerprint density at radius 1 is 0.875 bits per heavy atom. The van der Waals surface area contributed by atoms with Gasteiger partial charge in [0.05, 0.1) is 0 Å². The summed E-state index contributed by atoms with van der Waals surface area (Å²) in [5.41, 5.74) is 4.48. The minimum atomic E-state index is -1.09. The minimum Gasteiger partial charge on any atom is -0.480 e. The SMILES string of the molecule is CCCC(NC(=O)[C@H](CCC)NC(=O)OCC1c2ccccc2-c2ccccc21)C(=O)O. The van der Waals surface area contributed by atoms with Gasteiger partial charge < -0.3 is 20.5 Å². The van der Waals surface area contributed by atoms with Gasteiger partial charge in [-0.1, -0.05) is 75.2 Å². The van der Waals surface area contributed by atoms with Crippen LogP contribution in [0.5, 0.6) is 0 Å². The summed E-state index contributed by atoms with van der Waals surface area (Å²) in [4.78, 5) is 36.5. The van der Waals surface area contributed by atoms with Crippen LogP contribution in [0.25, 0.3) is 11.1 Å². The number of alkyl carbamates (subject to hydrolysis) is 1. The molecule has 3 N–H and O–H groups in total. The van der Waals surface area contributed by atoms with Gasteiger partial charge in [0.25, 0.3) is 0 Å². The lowest BCUT2D eigenvalue weighted by molar-refractivity contribution is -0.142. The van der Waals surface area contributed by atoms with Crippen LogP contribution in [0.4, 0.5) is 4.79 Å². The molecule has 32 heavy (non-hydrogen) atoms. The van der Waals surface area contributed by atoms with Crippen molar-refractivity contribution >= 4 is 18.0 Å². The first-order valence-electron chi connectivity index (χ1n) is 11.1. The van der Waals surface area contributed by atoms with Crippen molar-refractivity contribution in [2.45, 2.75) is 57.5 Å². The number of nitrogens with one attached hydrogen (secondary N) is 2. The average Bonchev–Trinajstić information content (AvgIpc) is 3.10. The Balaban J connectivity index is 1.64. The highest BCUT2D eigenvalue weighted by Gasteiger charge is 2.30. The fourth-order valence-corrected chi connectivity index (χ4v) is 4.16. The summed E-state index contributed by atoms with van der Waals surface area (Å²) in [6.07, 6.45) is 1.28. The summed E-state index contributed by atoms with van der Waals surface area (Å²) in [5.74, 6) is -1.68. The molecular formula is C25H30N2O5.